The molecule has 3 rings (SSSR count). The molecule has 28 heavy (non-hydrogen) atoms. The number of carbonyl (C=O) groups excluding carboxylic acids is 1. The second kappa shape index (κ2) is 9.49. The summed E-state index contributed by atoms with van der Waals surface area (Å²) in [5.41, 5.74) is 1.40. The molecule has 3 aromatic rings. The average molecular weight is 416 g/mol. The molecular weight excluding hydrogens is 397 g/mol. The molecule has 0 aliphatic carbocycles. The summed E-state index contributed by atoms with van der Waals surface area (Å²) < 4.78 is 11.2. The van der Waals surface area contributed by atoms with Crippen molar-refractivity contribution in [3.8, 4) is 17.2 Å². The van der Waals surface area contributed by atoms with Crippen molar-refractivity contribution in [2.45, 2.75) is 13.3 Å². The number of rotatable bonds is 7. The number of anilines is 1. The Morgan fingerprint density at radius 3 is 2.11 bits per heavy atom. The first-order valence-electron chi connectivity index (χ1n) is 8.78. The highest BCUT2D eigenvalue weighted by atomic mass is 35.5. The van der Waals surface area contributed by atoms with Gasteiger partial charge in [0.15, 0.2) is 0 Å². The molecule has 1 N–H and O–H groups in total. The zero-order chi connectivity index (χ0) is 19.9. The maximum atomic E-state index is 12.2. The molecule has 0 aliphatic heterocycles. The minimum Gasteiger partial charge on any atom is -0.494 e. The molecule has 144 valence electrons. The highest BCUT2D eigenvalue weighted by Gasteiger charge is 2.08. The first kappa shape index (κ1) is 20.1. The monoisotopic (exact) mass is 415 g/mol. The van der Waals surface area contributed by atoms with Gasteiger partial charge in [0.2, 0.25) is 5.91 Å². The third-order valence-electron chi connectivity index (χ3n) is 3.87. The lowest BCUT2D eigenvalue weighted by Crippen LogP contribution is -2.14. The van der Waals surface area contributed by atoms with Crippen LogP contribution >= 0.6 is 23.2 Å². The highest BCUT2D eigenvalue weighted by molar-refractivity contribution is 6.35. The fourth-order valence-electron chi connectivity index (χ4n) is 2.56. The summed E-state index contributed by atoms with van der Waals surface area (Å²) in [6.45, 7) is 2.56. The first-order chi connectivity index (χ1) is 13.5. The number of hydrogen-bond donors (Lipinski definition) is 1. The number of amides is 1. The number of halogens is 2. The van der Waals surface area contributed by atoms with Crippen molar-refractivity contribution in [3.63, 3.8) is 0 Å². The predicted molar refractivity (Wildman–Crippen MR) is 113 cm³/mol. The van der Waals surface area contributed by atoms with Gasteiger partial charge >= 0.3 is 0 Å². The van der Waals surface area contributed by atoms with Crippen LogP contribution < -0.4 is 14.8 Å². The molecule has 1 amide bonds. The Hall–Kier alpha value is -2.69. The topological polar surface area (TPSA) is 47.6 Å². The van der Waals surface area contributed by atoms with Gasteiger partial charge in [-0.15, -0.1) is 0 Å². The van der Waals surface area contributed by atoms with Crippen LogP contribution in [0, 0.1) is 0 Å². The molecule has 0 bridgehead atoms. The van der Waals surface area contributed by atoms with Crippen LogP contribution in [-0.2, 0) is 11.2 Å². The van der Waals surface area contributed by atoms with E-state index in [-0.39, 0.29) is 12.3 Å². The van der Waals surface area contributed by atoms with Gasteiger partial charge in [-0.05, 0) is 73.2 Å². The second-order valence-electron chi connectivity index (χ2n) is 5.99. The number of hydrogen-bond acceptors (Lipinski definition) is 3. The van der Waals surface area contributed by atoms with Gasteiger partial charge in [0.25, 0.3) is 0 Å². The Bertz CT molecular complexity index is 941. The molecule has 0 atom stereocenters. The third-order valence-corrected chi connectivity index (χ3v) is 4.46. The van der Waals surface area contributed by atoms with Crippen LogP contribution in [0.25, 0.3) is 0 Å². The summed E-state index contributed by atoms with van der Waals surface area (Å²) in [4.78, 5) is 12.2. The number of carbonyl (C=O) groups is 1. The summed E-state index contributed by atoms with van der Waals surface area (Å²) in [5, 5.41) is 3.86. The van der Waals surface area contributed by atoms with Gasteiger partial charge in [-0.25, -0.2) is 0 Å². The lowest BCUT2D eigenvalue weighted by atomic mass is 10.1. The molecule has 0 aromatic heterocycles. The van der Waals surface area contributed by atoms with E-state index in [0.717, 1.165) is 11.3 Å². The Balaban J connectivity index is 1.57. The maximum Gasteiger partial charge on any atom is 0.228 e. The van der Waals surface area contributed by atoms with Crippen LogP contribution in [0.4, 0.5) is 5.69 Å². The van der Waals surface area contributed by atoms with Crippen molar-refractivity contribution < 1.29 is 14.3 Å². The standard InChI is InChI=1S/C22H19Cl2NO3/c1-2-27-18-9-11-20(12-10-18)28-19-7-5-17(6-8-19)25-22(26)13-15-3-4-16(23)14-21(15)24/h3-12,14H,2,13H2,1H3,(H,25,26). The van der Waals surface area contributed by atoms with E-state index in [1.807, 2.05) is 31.2 Å². The fourth-order valence-corrected chi connectivity index (χ4v) is 3.03. The summed E-state index contributed by atoms with van der Waals surface area (Å²) in [7, 11) is 0. The van der Waals surface area contributed by atoms with E-state index in [0.29, 0.717) is 33.8 Å². The molecule has 6 heteroatoms. The number of benzene rings is 3. The van der Waals surface area contributed by atoms with Crippen LogP contribution in [0.1, 0.15) is 12.5 Å². The van der Waals surface area contributed by atoms with E-state index in [4.69, 9.17) is 32.7 Å². The van der Waals surface area contributed by atoms with Gasteiger partial charge in [0.05, 0.1) is 13.0 Å². The Morgan fingerprint density at radius 2 is 1.50 bits per heavy atom. The van der Waals surface area contributed by atoms with E-state index < -0.39 is 0 Å². The Labute approximate surface area is 174 Å². The van der Waals surface area contributed by atoms with E-state index in [9.17, 15) is 4.79 Å². The van der Waals surface area contributed by atoms with Crippen molar-refractivity contribution in [3.05, 3.63) is 82.3 Å². The highest BCUT2D eigenvalue weighted by Crippen LogP contribution is 2.26. The third kappa shape index (κ3) is 5.65. The Morgan fingerprint density at radius 1 is 0.893 bits per heavy atom. The zero-order valence-corrected chi connectivity index (χ0v) is 16.8. The van der Waals surface area contributed by atoms with Crippen LogP contribution in [-0.4, -0.2) is 12.5 Å². The second-order valence-corrected chi connectivity index (χ2v) is 6.84. The molecule has 3 aromatic carbocycles. The predicted octanol–water partition coefficient (Wildman–Crippen LogP) is 6.37. The van der Waals surface area contributed by atoms with Gasteiger partial charge in [0, 0.05) is 15.7 Å². The van der Waals surface area contributed by atoms with Crippen molar-refractivity contribution in [1.82, 2.24) is 0 Å². The number of ether oxygens (including phenoxy) is 2. The van der Waals surface area contributed by atoms with Crippen LogP contribution in [0.2, 0.25) is 10.0 Å². The molecule has 0 aliphatic rings. The van der Waals surface area contributed by atoms with E-state index in [1.165, 1.54) is 0 Å². The molecule has 0 spiro atoms. The van der Waals surface area contributed by atoms with Crippen LogP contribution in [0.15, 0.2) is 66.7 Å². The quantitative estimate of drug-likeness (QED) is 0.487. The molecule has 0 fully saturated rings. The Kier molecular flexibility index (Phi) is 6.80. The van der Waals surface area contributed by atoms with Crippen molar-refractivity contribution in [1.29, 1.82) is 0 Å². The molecule has 0 unspecified atom stereocenters. The maximum absolute atomic E-state index is 12.2. The minimum absolute atomic E-state index is 0.163. The van der Waals surface area contributed by atoms with Crippen LogP contribution in [0.5, 0.6) is 17.2 Å². The summed E-state index contributed by atoms with van der Waals surface area (Å²) in [6, 6.07) is 19.6. The number of nitrogens with one attached hydrogen (secondary N) is 1. The summed E-state index contributed by atoms with van der Waals surface area (Å²) in [6.07, 6.45) is 0.167. The molecule has 0 radical (unpaired) electrons. The molecular formula is C22H19Cl2NO3. The van der Waals surface area contributed by atoms with Gasteiger partial charge in [-0.3, -0.25) is 4.79 Å². The fraction of sp³-hybridized carbons (Fsp3) is 0.136. The van der Waals surface area contributed by atoms with Crippen molar-refractivity contribution in [2.75, 3.05) is 11.9 Å². The molecule has 0 saturated heterocycles. The summed E-state index contributed by atoms with van der Waals surface area (Å²) >= 11 is 12.0. The van der Waals surface area contributed by atoms with Gasteiger partial charge in [-0.1, -0.05) is 29.3 Å². The van der Waals surface area contributed by atoms with Gasteiger partial charge < -0.3 is 14.8 Å². The SMILES string of the molecule is CCOc1ccc(Oc2ccc(NC(=O)Cc3ccc(Cl)cc3Cl)cc2)cc1. The van der Waals surface area contributed by atoms with Crippen LogP contribution in [0.3, 0.4) is 0 Å². The largest absolute Gasteiger partial charge is 0.494 e. The minimum atomic E-state index is -0.163. The normalized spacial score (nSPS) is 10.4. The summed E-state index contributed by atoms with van der Waals surface area (Å²) in [5.74, 6) is 2.01. The van der Waals surface area contributed by atoms with Crippen molar-refractivity contribution >= 4 is 34.8 Å². The lowest BCUT2D eigenvalue weighted by Gasteiger charge is -2.09. The molecule has 0 heterocycles. The molecule has 4 nitrogen and oxygen atoms in total. The van der Waals surface area contributed by atoms with Gasteiger partial charge in [-0.2, -0.15) is 0 Å². The van der Waals surface area contributed by atoms with E-state index in [2.05, 4.69) is 5.32 Å². The first-order valence-corrected chi connectivity index (χ1v) is 9.53. The average Bonchev–Trinajstić information content (AvgIpc) is 2.67. The lowest BCUT2D eigenvalue weighted by molar-refractivity contribution is -0.115. The van der Waals surface area contributed by atoms with Crippen molar-refractivity contribution in [2.24, 2.45) is 0 Å². The zero-order valence-electron chi connectivity index (χ0n) is 15.2. The van der Waals surface area contributed by atoms with E-state index >= 15 is 0 Å². The van der Waals surface area contributed by atoms with E-state index in [1.54, 1.807) is 42.5 Å². The molecule has 0 saturated carbocycles. The van der Waals surface area contributed by atoms with Gasteiger partial charge in [0.1, 0.15) is 17.2 Å². The smallest absolute Gasteiger partial charge is 0.228 e.